The molecule has 2 heterocycles. The molecule has 2 aromatic rings. The van der Waals surface area contributed by atoms with Crippen LogP contribution in [-0.2, 0) is 0 Å². The Bertz CT molecular complexity index is 516. The van der Waals surface area contributed by atoms with Gasteiger partial charge < -0.3 is 4.90 Å². The first-order chi connectivity index (χ1) is 8.24. The lowest BCUT2D eigenvalue weighted by Gasteiger charge is -2.35. The van der Waals surface area contributed by atoms with Crippen LogP contribution in [0.15, 0.2) is 30.6 Å². The summed E-state index contributed by atoms with van der Waals surface area (Å²) in [6, 6.07) is 6.21. The molecule has 1 fully saturated rings. The van der Waals surface area contributed by atoms with Crippen molar-refractivity contribution in [3.8, 4) is 0 Å². The van der Waals surface area contributed by atoms with E-state index in [1.54, 1.807) is 0 Å². The van der Waals surface area contributed by atoms with E-state index in [9.17, 15) is 0 Å². The molecular formula is C13H16ClN3. The molecule has 2 aromatic heterocycles. The van der Waals surface area contributed by atoms with Gasteiger partial charge in [-0.15, -0.1) is 11.6 Å². The van der Waals surface area contributed by atoms with E-state index >= 15 is 0 Å². The zero-order chi connectivity index (χ0) is 11.8. The van der Waals surface area contributed by atoms with Gasteiger partial charge in [0, 0.05) is 31.4 Å². The second-order valence-corrected chi connectivity index (χ2v) is 5.47. The van der Waals surface area contributed by atoms with Crippen molar-refractivity contribution in [1.82, 2.24) is 9.38 Å². The largest absolute Gasteiger partial charge is 0.360 e. The van der Waals surface area contributed by atoms with Gasteiger partial charge in [-0.05, 0) is 30.9 Å². The van der Waals surface area contributed by atoms with Gasteiger partial charge in [-0.3, -0.25) is 4.40 Å². The summed E-state index contributed by atoms with van der Waals surface area (Å²) in [6.45, 7) is 1.07. The van der Waals surface area contributed by atoms with Gasteiger partial charge in [0.25, 0.3) is 0 Å². The van der Waals surface area contributed by atoms with Gasteiger partial charge in [0.05, 0.1) is 0 Å². The molecule has 0 spiro atoms. The summed E-state index contributed by atoms with van der Waals surface area (Å²) < 4.78 is 2.12. The fraction of sp³-hybridized carbons (Fsp3) is 0.462. The number of imidazole rings is 1. The number of rotatable bonds is 3. The number of hydrogen-bond donors (Lipinski definition) is 0. The molecule has 90 valence electrons. The fourth-order valence-electron chi connectivity index (χ4n) is 2.53. The van der Waals surface area contributed by atoms with E-state index in [2.05, 4.69) is 33.5 Å². The molecule has 4 heteroatoms. The minimum Gasteiger partial charge on any atom is -0.360 e. The summed E-state index contributed by atoms with van der Waals surface area (Å²) in [4.78, 5) is 6.60. The lowest BCUT2D eigenvalue weighted by atomic mass is 9.84. The molecule has 0 amide bonds. The van der Waals surface area contributed by atoms with Crippen LogP contribution in [0.1, 0.15) is 12.8 Å². The molecule has 1 aliphatic carbocycles. The minimum absolute atomic E-state index is 0.400. The first kappa shape index (κ1) is 10.9. The minimum atomic E-state index is 0.400. The van der Waals surface area contributed by atoms with Crippen LogP contribution in [0.3, 0.4) is 0 Å². The van der Waals surface area contributed by atoms with Crippen molar-refractivity contribution < 1.29 is 0 Å². The average Bonchev–Trinajstić information content (AvgIpc) is 2.74. The van der Waals surface area contributed by atoms with Crippen LogP contribution in [-0.4, -0.2) is 28.4 Å². The van der Waals surface area contributed by atoms with E-state index < -0.39 is 0 Å². The Hall–Kier alpha value is -1.22. The predicted octanol–water partition coefficient (Wildman–Crippen LogP) is 2.79. The number of pyridine rings is 1. The highest BCUT2D eigenvalue weighted by Crippen LogP contribution is 2.33. The van der Waals surface area contributed by atoms with E-state index in [-0.39, 0.29) is 0 Å². The third kappa shape index (κ3) is 2.00. The van der Waals surface area contributed by atoms with Crippen molar-refractivity contribution in [3.63, 3.8) is 0 Å². The molecule has 0 bridgehead atoms. The van der Waals surface area contributed by atoms with Gasteiger partial charge in [0.1, 0.15) is 11.5 Å². The number of aromatic nitrogens is 2. The van der Waals surface area contributed by atoms with Gasteiger partial charge in [-0.2, -0.15) is 0 Å². The molecule has 3 rings (SSSR count). The second-order valence-electron chi connectivity index (χ2n) is 4.85. The molecule has 1 aliphatic rings. The van der Waals surface area contributed by atoms with Crippen LogP contribution in [0.25, 0.3) is 5.65 Å². The number of alkyl halides is 1. The predicted molar refractivity (Wildman–Crippen MR) is 70.8 cm³/mol. The van der Waals surface area contributed by atoms with E-state index in [0.29, 0.717) is 5.38 Å². The summed E-state index contributed by atoms with van der Waals surface area (Å²) in [5, 5.41) is 0.400. The molecule has 0 radical (unpaired) electrons. The van der Waals surface area contributed by atoms with E-state index in [1.807, 2.05) is 18.5 Å². The zero-order valence-electron chi connectivity index (χ0n) is 9.88. The molecule has 17 heavy (non-hydrogen) atoms. The number of fused-ring (bicyclic) bond motifs is 1. The Morgan fingerprint density at radius 3 is 3.06 bits per heavy atom. The van der Waals surface area contributed by atoms with Crippen LogP contribution in [0.5, 0.6) is 0 Å². The highest BCUT2D eigenvalue weighted by atomic mass is 35.5. The molecule has 0 unspecified atom stereocenters. The monoisotopic (exact) mass is 249 g/mol. The number of hydrogen-bond acceptors (Lipinski definition) is 2. The summed E-state index contributed by atoms with van der Waals surface area (Å²) in [5.41, 5.74) is 0.998. The first-order valence-corrected chi connectivity index (χ1v) is 6.45. The summed E-state index contributed by atoms with van der Waals surface area (Å²) in [5.74, 6) is 1.93. The normalized spacial score (nSPS) is 23.6. The van der Waals surface area contributed by atoms with E-state index in [1.165, 1.54) is 5.82 Å². The SMILES string of the molecule is CN(CC1CC(Cl)C1)c1cccc2nccn12. The molecule has 0 aromatic carbocycles. The van der Waals surface area contributed by atoms with Crippen molar-refractivity contribution in [1.29, 1.82) is 0 Å². The Labute approximate surface area is 106 Å². The van der Waals surface area contributed by atoms with Crippen molar-refractivity contribution >= 4 is 23.1 Å². The maximum atomic E-state index is 6.02. The van der Waals surface area contributed by atoms with Crippen LogP contribution in [0, 0.1) is 5.92 Å². The Morgan fingerprint density at radius 1 is 1.47 bits per heavy atom. The number of nitrogens with zero attached hydrogens (tertiary/aromatic N) is 3. The molecular weight excluding hydrogens is 234 g/mol. The fourth-order valence-corrected chi connectivity index (χ4v) is 3.03. The molecule has 0 atom stereocenters. The Morgan fingerprint density at radius 2 is 2.29 bits per heavy atom. The third-order valence-electron chi connectivity index (χ3n) is 3.51. The lowest BCUT2D eigenvalue weighted by molar-refractivity contribution is 0.328. The van der Waals surface area contributed by atoms with Crippen LogP contribution >= 0.6 is 11.6 Å². The van der Waals surface area contributed by atoms with E-state index in [0.717, 1.165) is 31.0 Å². The van der Waals surface area contributed by atoms with Crippen LogP contribution in [0.2, 0.25) is 0 Å². The van der Waals surface area contributed by atoms with Gasteiger partial charge in [0.15, 0.2) is 0 Å². The highest BCUT2D eigenvalue weighted by molar-refractivity contribution is 6.21. The van der Waals surface area contributed by atoms with Crippen LogP contribution in [0.4, 0.5) is 5.82 Å². The van der Waals surface area contributed by atoms with Crippen molar-refractivity contribution in [2.75, 3.05) is 18.5 Å². The van der Waals surface area contributed by atoms with Gasteiger partial charge in [-0.1, -0.05) is 6.07 Å². The highest BCUT2D eigenvalue weighted by Gasteiger charge is 2.28. The first-order valence-electron chi connectivity index (χ1n) is 6.01. The summed E-state index contributed by atoms with van der Waals surface area (Å²) in [7, 11) is 2.14. The Kier molecular flexibility index (Phi) is 2.71. The quantitative estimate of drug-likeness (QED) is 0.780. The van der Waals surface area contributed by atoms with Crippen molar-refractivity contribution in [2.45, 2.75) is 18.2 Å². The molecule has 3 nitrogen and oxygen atoms in total. The van der Waals surface area contributed by atoms with Gasteiger partial charge >= 0.3 is 0 Å². The Balaban J connectivity index is 1.80. The third-order valence-corrected chi connectivity index (χ3v) is 3.86. The standard InChI is InChI=1S/C13H16ClN3/c1-16(9-10-7-11(14)8-10)13-4-2-3-12-15-5-6-17(12)13/h2-6,10-11H,7-9H2,1H3. The van der Waals surface area contributed by atoms with Gasteiger partial charge in [-0.25, -0.2) is 4.98 Å². The van der Waals surface area contributed by atoms with Crippen molar-refractivity contribution in [2.24, 2.45) is 5.92 Å². The van der Waals surface area contributed by atoms with E-state index in [4.69, 9.17) is 11.6 Å². The summed E-state index contributed by atoms with van der Waals surface area (Å²) >= 11 is 6.02. The van der Waals surface area contributed by atoms with Crippen molar-refractivity contribution in [3.05, 3.63) is 30.6 Å². The molecule has 0 saturated heterocycles. The smallest absolute Gasteiger partial charge is 0.138 e. The lowest BCUT2D eigenvalue weighted by Crippen LogP contribution is -2.35. The van der Waals surface area contributed by atoms with Gasteiger partial charge in [0.2, 0.25) is 0 Å². The topological polar surface area (TPSA) is 20.5 Å². The molecule has 1 saturated carbocycles. The average molecular weight is 250 g/mol. The zero-order valence-corrected chi connectivity index (χ0v) is 10.6. The second kappa shape index (κ2) is 4.22. The molecule has 0 aliphatic heterocycles. The summed E-state index contributed by atoms with van der Waals surface area (Å²) in [6.07, 6.45) is 6.13. The maximum absolute atomic E-state index is 6.02. The number of anilines is 1. The molecule has 0 N–H and O–H groups in total. The maximum Gasteiger partial charge on any atom is 0.138 e. The number of halogens is 1. The van der Waals surface area contributed by atoms with Crippen LogP contribution < -0.4 is 4.90 Å².